The van der Waals surface area contributed by atoms with Gasteiger partial charge in [0.15, 0.2) is 0 Å². The maximum Gasteiger partial charge on any atom is 0.0697 e. The van der Waals surface area contributed by atoms with E-state index in [1.807, 2.05) is 0 Å². The van der Waals surface area contributed by atoms with Gasteiger partial charge in [0.25, 0.3) is 0 Å². The van der Waals surface area contributed by atoms with Gasteiger partial charge >= 0.3 is 0 Å². The predicted molar refractivity (Wildman–Crippen MR) is 76.9 cm³/mol. The topological polar surface area (TPSA) is 21.3 Å². The van der Waals surface area contributed by atoms with Crippen LogP contribution in [0.5, 0.6) is 0 Å². The summed E-state index contributed by atoms with van der Waals surface area (Å²) in [5.41, 5.74) is 0.550. The van der Waals surface area contributed by atoms with Crippen LogP contribution in [0.1, 0.15) is 78.6 Å². The minimum Gasteiger partial charge on any atom is -0.375 e. The first-order valence-electron chi connectivity index (χ1n) is 8.03. The normalized spacial score (nSPS) is 28.5. The summed E-state index contributed by atoms with van der Waals surface area (Å²) in [6, 6.07) is 0.668. The van der Waals surface area contributed by atoms with Crippen molar-refractivity contribution in [1.82, 2.24) is 5.32 Å². The van der Waals surface area contributed by atoms with Crippen LogP contribution >= 0.6 is 0 Å². The zero-order valence-corrected chi connectivity index (χ0v) is 12.6. The van der Waals surface area contributed by atoms with Crippen LogP contribution in [0, 0.1) is 0 Å². The maximum absolute atomic E-state index is 6.18. The molecular formula is C16H31NO. The summed E-state index contributed by atoms with van der Waals surface area (Å²) >= 11 is 0. The summed E-state index contributed by atoms with van der Waals surface area (Å²) in [5.74, 6) is 0. The molecule has 1 heterocycles. The maximum atomic E-state index is 6.18. The second-order valence-corrected chi connectivity index (χ2v) is 6.69. The molecule has 1 N–H and O–H groups in total. The Morgan fingerprint density at radius 1 is 1.17 bits per heavy atom. The largest absolute Gasteiger partial charge is 0.375 e. The smallest absolute Gasteiger partial charge is 0.0697 e. The lowest BCUT2D eigenvalue weighted by Gasteiger charge is -2.46. The molecule has 2 fully saturated rings. The minimum atomic E-state index is 0.233. The van der Waals surface area contributed by atoms with Crippen molar-refractivity contribution < 1.29 is 4.74 Å². The number of rotatable bonds is 4. The van der Waals surface area contributed by atoms with Crippen LogP contribution in [-0.4, -0.2) is 23.8 Å². The predicted octanol–water partition coefficient (Wildman–Crippen LogP) is 4.04. The fraction of sp³-hybridized carbons (Fsp3) is 1.00. The van der Waals surface area contributed by atoms with E-state index in [9.17, 15) is 0 Å². The lowest BCUT2D eigenvalue weighted by Crippen LogP contribution is -2.54. The molecule has 1 saturated heterocycles. The van der Waals surface area contributed by atoms with Crippen molar-refractivity contribution in [1.29, 1.82) is 0 Å². The zero-order chi connectivity index (χ0) is 13.1. The second kappa shape index (κ2) is 5.92. The quantitative estimate of drug-likeness (QED) is 0.816. The molecule has 2 nitrogen and oxygen atoms in total. The summed E-state index contributed by atoms with van der Waals surface area (Å²) in [4.78, 5) is 0. The Balaban J connectivity index is 1.94. The molecule has 1 unspecified atom stereocenters. The molecule has 106 valence electrons. The average Bonchev–Trinajstić information content (AvgIpc) is 2.39. The Kier molecular flexibility index (Phi) is 4.71. The molecule has 2 heteroatoms. The van der Waals surface area contributed by atoms with Crippen molar-refractivity contribution in [3.63, 3.8) is 0 Å². The van der Waals surface area contributed by atoms with Crippen molar-refractivity contribution in [2.45, 2.75) is 95.7 Å². The van der Waals surface area contributed by atoms with Gasteiger partial charge in [-0.05, 0) is 45.4 Å². The van der Waals surface area contributed by atoms with Crippen LogP contribution in [0.3, 0.4) is 0 Å². The molecule has 18 heavy (non-hydrogen) atoms. The number of nitrogens with one attached hydrogen (secondary N) is 1. The third-order valence-electron chi connectivity index (χ3n) is 5.37. The van der Waals surface area contributed by atoms with Gasteiger partial charge in [0.1, 0.15) is 0 Å². The Hall–Kier alpha value is -0.0800. The van der Waals surface area contributed by atoms with Crippen LogP contribution in [0.2, 0.25) is 0 Å². The van der Waals surface area contributed by atoms with E-state index in [0.717, 1.165) is 6.61 Å². The molecule has 1 aliphatic carbocycles. The molecule has 1 atom stereocenters. The third-order valence-corrected chi connectivity index (χ3v) is 5.37. The molecule has 0 amide bonds. The van der Waals surface area contributed by atoms with E-state index in [2.05, 4.69) is 26.1 Å². The molecule has 1 spiro atoms. The van der Waals surface area contributed by atoms with Gasteiger partial charge in [-0.1, -0.05) is 33.1 Å². The summed E-state index contributed by atoms with van der Waals surface area (Å²) in [5, 5.41) is 3.92. The molecule has 2 rings (SSSR count). The van der Waals surface area contributed by atoms with Gasteiger partial charge < -0.3 is 10.1 Å². The molecule has 0 aromatic carbocycles. The molecule has 1 aliphatic heterocycles. The van der Waals surface area contributed by atoms with E-state index in [1.165, 1.54) is 57.8 Å². The van der Waals surface area contributed by atoms with Gasteiger partial charge in [0.2, 0.25) is 0 Å². The van der Waals surface area contributed by atoms with Crippen molar-refractivity contribution in [2.24, 2.45) is 0 Å². The van der Waals surface area contributed by atoms with E-state index < -0.39 is 0 Å². The number of hydrogen-bond acceptors (Lipinski definition) is 2. The van der Waals surface area contributed by atoms with Crippen LogP contribution in [0.25, 0.3) is 0 Å². The minimum absolute atomic E-state index is 0.233. The highest BCUT2D eigenvalue weighted by Crippen LogP contribution is 2.39. The van der Waals surface area contributed by atoms with Crippen molar-refractivity contribution >= 4 is 0 Å². The molecule has 1 saturated carbocycles. The third kappa shape index (κ3) is 3.27. The van der Waals surface area contributed by atoms with Crippen LogP contribution in [0.4, 0.5) is 0 Å². The first-order valence-corrected chi connectivity index (χ1v) is 8.03. The van der Waals surface area contributed by atoms with Gasteiger partial charge in [-0.3, -0.25) is 0 Å². The van der Waals surface area contributed by atoms with Crippen molar-refractivity contribution in [3.8, 4) is 0 Å². The van der Waals surface area contributed by atoms with Crippen LogP contribution in [0.15, 0.2) is 0 Å². The molecular weight excluding hydrogens is 222 g/mol. The van der Waals surface area contributed by atoms with Gasteiger partial charge in [0.05, 0.1) is 5.60 Å². The van der Waals surface area contributed by atoms with Crippen LogP contribution < -0.4 is 5.32 Å². The highest BCUT2D eigenvalue weighted by atomic mass is 16.5. The summed E-state index contributed by atoms with van der Waals surface area (Å²) in [6.07, 6.45) is 11.6. The van der Waals surface area contributed by atoms with Gasteiger partial charge in [0, 0.05) is 18.2 Å². The van der Waals surface area contributed by atoms with E-state index in [1.54, 1.807) is 0 Å². The van der Waals surface area contributed by atoms with E-state index in [-0.39, 0.29) is 5.60 Å². The van der Waals surface area contributed by atoms with Gasteiger partial charge in [-0.15, -0.1) is 0 Å². The molecule has 0 aromatic heterocycles. The molecule has 0 radical (unpaired) electrons. The highest BCUT2D eigenvalue weighted by Gasteiger charge is 2.39. The lowest BCUT2D eigenvalue weighted by molar-refractivity contribution is -0.111. The van der Waals surface area contributed by atoms with Gasteiger partial charge in [-0.2, -0.15) is 0 Å². The Labute approximate surface area is 113 Å². The number of ether oxygens (including phenoxy) is 1. The van der Waals surface area contributed by atoms with Crippen molar-refractivity contribution in [2.75, 3.05) is 6.61 Å². The Morgan fingerprint density at radius 2 is 1.83 bits per heavy atom. The first-order chi connectivity index (χ1) is 8.61. The van der Waals surface area contributed by atoms with E-state index >= 15 is 0 Å². The van der Waals surface area contributed by atoms with Crippen LogP contribution in [-0.2, 0) is 4.74 Å². The zero-order valence-electron chi connectivity index (χ0n) is 12.6. The Bertz CT molecular complexity index is 248. The lowest BCUT2D eigenvalue weighted by atomic mass is 9.77. The first kappa shape index (κ1) is 14.3. The average molecular weight is 253 g/mol. The molecule has 0 aromatic rings. The molecule has 2 aliphatic rings. The van der Waals surface area contributed by atoms with E-state index in [0.29, 0.717) is 11.6 Å². The highest BCUT2D eigenvalue weighted by molar-refractivity contribution is 4.95. The molecule has 0 bridgehead atoms. The number of hydrogen-bond donors (Lipinski definition) is 1. The van der Waals surface area contributed by atoms with Crippen molar-refractivity contribution in [3.05, 3.63) is 0 Å². The fourth-order valence-electron chi connectivity index (χ4n) is 3.64. The SMILES string of the molecule is CCC(C)(CC)NC1CCOC2(CCCCC2)C1. The fourth-order valence-corrected chi connectivity index (χ4v) is 3.64. The Morgan fingerprint density at radius 3 is 2.44 bits per heavy atom. The summed E-state index contributed by atoms with van der Waals surface area (Å²) < 4.78 is 6.18. The summed E-state index contributed by atoms with van der Waals surface area (Å²) in [6.45, 7) is 7.93. The standard InChI is InChI=1S/C16H31NO/c1-4-15(3,5-2)17-14-9-12-18-16(13-14)10-7-6-8-11-16/h14,17H,4-13H2,1-3H3. The second-order valence-electron chi connectivity index (χ2n) is 6.69. The monoisotopic (exact) mass is 253 g/mol. The van der Waals surface area contributed by atoms with E-state index in [4.69, 9.17) is 4.74 Å². The summed E-state index contributed by atoms with van der Waals surface area (Å²) in [7, 11) is 0. The van der Waals surface area contributed by atoms with Gasteiger partial charge in [-0.25, -0.2) is 0 Å².